The predicted molar refractivity (Wildman–Crippen MR) is 57.9 cm³/mol. The number of rotatable bonds is 5. The van der Waals surface area contributed by atoms with Crippen LogP contribution >= 0.6 is 11.6 Å². The van der Waals surface area contributed by atoms with E-state index in [2.05, 4.69) is 0 Å². The second kappa shape index (κ2) is 5.93. The maximum absolute atomic E-state index is 13.3. The van der Waals surface area contributed by atoms with Crippen LogP contribution in [0.1, 0.15) is 23.8 Å². The van der Waals surface area contributed by atoms with E-state index < -0.39 is 5.82 Å². The summed E-state index contributed by atoms with van der Waals surface area (Å²) in [7, 11) is 1.42. The summed E-state index contributed by atoms with van der Waals surface area (Å²) in [6.07, 6.45) is 1.24. The Labute approximate surface area is 93.6 Å². The number of ether oxygens (including phenoxy) is 1. The summed E-state index contributed by atoms with van der Waals surface area (Å²) >= 11 is 6.03. The van der Waals surface area contributed by atoms with Crippen molar-refractivity contribution < 1.29 is 14.2 Å². The Morgan fingerprint density at radius 1 is 1.53 bits per heavy atom. The van der Waals surface area contributed by atoms with Crippen molar-refractivity contribution >= 4 is 11.6 Å². The molecule has 1 unspecified atom stereocenters. The second-order valence-corrected chi connectivity index (χ2v) is 3.75. The summed E-state index contributed by atoms with van der Waals surface area (Å²) in [5.41, 5.74) is 0.711. The fourth-order valence-corrected chi connectivity index (χ4v) is 1.60. The van der Waals surface area contributed by atoms with Gasteiger partial charge in [0.05, 0.1) is 12.5 Å². The summed E-state index contributed by atoms with van der Waals surface area (Å²) in [6, 6.07) is 4.66. The molecule has 0 aromatic heterocycles. The molecule has 15 heavy (non-hydrogen) atoms. The fourth-order valence-electron chi connectivity index (χ4n) is 1.31. The van der Waals surface area contributed by atoms with Gasteiger partial charge in [-0.3, -0.25) is 0 Å². The first-order chi connectivity index (χ1) is 7.19. The molecule has 4 heteroatoms. The Bertz CT molecular complexity index is 317. The van der Waals surface area contributed by atoms with E-state index in [1.807, 2.05) is 0 Å². The monoisotopic (exact) mass is 232 g/mol. The lowest BCUT2D eigenvalue weighted by atomic mass is 10.1. The maximum Gasteiger partial charge on any atom is 0.165 e. The summed E-state index contributed by atoms with van der Waals surface area (Å²) in [4.78, 5) is 0. The molecule has 0 radical (unpaired) electrons. The normalized spacial score (nSPS) is 12.5. The average Bonchev–Trinajstić information content (AvgIpc) is 2.25. The molecular weight excluding hydrogens is 219 g/mol. The van der Waals surface area contributed by atoms with Gasteiger partial charge >= 0.3 is 0 Å². The van der Waals surface area contributed by atoms with E-state index in [0.29, 0.717) is 18.4 Å². The highest BCUT2D eigenvalue weighted by molar-refractivity contribution is 6.20. The topological polar surface area (TPSA) is 29.5 Å². The number of methoxy groups -OCH3 is 1. The molecule has 0 saturated carbocycles. The van der Waals surface area contributed by atoms with Gasteiger partial charge in [-0.1, -0.05) is 6.07 Å². The highest BCUT2D eigenvalue weighted by Crippen LogP contribution is 2.28. The van der Waals surface area contributed by atoms with Gasteiger partial charge in [0.2, 0.25) is 0 Å². The van der Waals surface area contributed by atoms with Crippen LogP contribution in [0.3, 0.4) is 0 Å². The molecule has 0 amide bonds. The van der Waals surface area contributed by atoms with E-state index >= 15 is 0 Å². The van der Waals surface area contributed by atoms with Gasteiger partial charge in [-0.05, 0) is 30.5 Å². The van der Waals surface area contributed by atoms with E-state index in [-0.39, 0.29) is 17.7 Å². The lowest BCUT2D eigenvalue weighted by Gasteiger charge is -2.10. The zero-order valence-electron chi connectivity index (χ0n) is 8.54. The Morgan fingerprint density at radius 3 is 2.80 bits per heavy atom. The number of hydrogen-bond acceptors (Lipinski definition) is 2. The Morgan fingerprint density at radius 2 is 2.27 bits per heavy atom. The minimum absolute atomic E-state index is 0.0991. The first-order valence-electron chi connectivity index (χ1n) is 4.77. The molecule has 0 fully saturated rings. The molecule has 0 aliphatic rings. The number of benzene rings is 1. The smallest absolute Gasteiger partial charge is 0.165 e. The Kier molecular flexibility index (Phi) is 4.85. The molecule has 1 atom stereocenters. The van der Waals surface area contributed by atoms with E-state index in [0.717, 1.165) is 0 Å². The number of aliphatic hydroxyl groups is 1. The van der Waals surface area contributed by atoms with Gasteiger partial charge in [-0.15, -0.1) is 11.6 Å². The summed E-state index contributed by atoms with van der Waals surface area (Å²) in [5, 5.41) is 8.38. The maximum atomic E-state index is 13.3. The number of halogens is 2. The first-order valence-corrected chi connectivity index (χ1v) is 5.21. The van der Waals surface area contributed by atoms with Crippen LogP contribution in [0, 0.1) is 5.82 Å². The largest absolute Gasteiger partial charge is 0.494 e. The van der Waals surface area contributed by atoms with Crippen LogP contribution in [-0.4, -0.2) is 18.8 Å². The van der Waals surface area contributed by atoms with Gasteiger partial charge in [0.1, 0.15) is 0 Å². The third-order valence-corrected chi connectivity index (χ3v) is 2.62. The van der Waals surface area contributed by atoms with Crippen LogP contribution in [0.15, 0.2) is 18.2 Å². The SMILES string of the molecule is COc1ccc(C(Cl)CCCO)cc1F. The molecule has 0 spiro atoms. The molecule has 2 nitrogen and oxygen atoms in total. The minimum atomic E-state index is -0.412. The summed E-state index contributed by atoms with van der Waals surface area (Å²) < 4.78 is 18.1. The van der Waals surface area contributed by atoms with Gasteiger partial charge in [0, 0.05) is 6.61 Å². The summed E-state index contributed by atoms with van der Waals surface area (Å²) in [6.45, 7) is 0.0991. The Balaban J connectivity index is 2.73. The lowest BCUT2D eigenvalue weighted by Crippen LogP contribution is -1.95. The van der Waals surface area contributed by atoms with Crippen molar-refractivity contribution in [3.05, 3.63) is 29.6 Å². The van der Waals surface area contributed by atoms with E-state index in [1.54, 1.807) is 12.1 Å². The number of alkyl halides is 1. The quantitative estimate of drug-likeness (QED) is 0.791. The standard InChI is InChI=1S/C11H14ClFO2/c1-15-11-5-4-8(7-10(11)13)9(12)3-2-6-14/h4-5,7,9,14H,2-3,6H2,1H3. The molecule has 0 heterocycles. The van der Waals surface area contributed by atoms with Crippen molar-refractivity contribution in [3.63, 3.8) is 0 Å². The predicted octanol–water partition coefficient (Wildman–Crippen LogP) is 2.89. The van der Waals surface area contributed by atoms with Gasteiger partial charge in [0.25, 0.3) is 0 Å². The van der Waals surface area contributed by atoms with E-state index in [9.17, 15) is 4.39 Å². The van der Waals surface area contributed by atoms with Crippen molar-refractivity contribution in [2.75, 3.05) is 13.7 Å². The van der Waals surface area contributed by atoms with Crippen LogP contribution in [0.2, 0.25) is 0 Å². The fraction of sp³-hybridized carbons (Fsp3) is 0.455. The highest BCUT2D eigenvalue weighted by Gasteiger charge is 2.10. The van der Waals surface area contributed by atoms with Gasteiger partial charge in [-0.25, -0.2) is 4.39 Å². The molecule has 0 saturated heterocycles. The van der Waals surface area contributed by atoms with Crippen LogP contribution in [0.25, 0.3) is 0 Å². The molecule has 0 bridgehead atoms. The Hall–Kier alpha value is -0.800. The number of aliphatic hydroxyl groups excluding tert-OH is 1. The molecular formula is C11H14ClFO2. The lowest BCUT2D eigenvalue weighted by molar-refractivity contribution is 0.284. The van der Waals surface area contributed by atoms with Gasteiger partial charge < -0.3 is 9.84 Å². The summed E-state index contributed by atoms with van der Waals surface area (Å²) in [5.74, 6) is -0.200. The van der Waals surface area contributed by atoms with E-state index in [4.69, 9.17) is 21.4 Å². The third kappa shape index (κ3) is 3.36. The number of hydrogen-bond donors (Lipinski definition) is 1. The molecule has 0 aliphatic carbocycles. The van der Waals surface area contributed by atoms with Crippen LogP contribution in [-0.2, 0) is 0 Å². The van der Waals surface area contributed by atoms with Crippen molar-refractivity contribution in [2.45, 2.75) is 18.2 Å². The molecule has 0 aliphatic heterocycles. The van der Waals surface area contributed by atoms with Crippen molar-refractivity contribution in [2.24, 2.45) is 0 Å². The second-order valence-electron chi connectivity index (χ2n) is 3.23. The van der Waals surface area contributed by atoms with E-state index in [1.165, 1.54) is 13.2 Å². The van der Waals surface area contributed by atoms with Crippen molar-refractivity contribution in [1.29, 1.82) is 0 Å². The van der Waals surface area contributed by atoms with Gasteiger partial charge in [-0.2, -0.15) is 0 Å². The first kappa shape index (κ1) is 12.3. The molecule has 1 rings (SSSR count). The average molecular weight is 233 g/mol. The van der Waals surface area contributed by atoms with Crippen molar-refractivity contribution in [3.8, 4) is 5.75 Å². The molecule has 84 valence electrons. The van der Waals surface area contributed by atoms with Crippen LogP contribution < -0.4 is 4.74 Å². The molecule has 1 aromatic rings. The van der Waals surface area contributed by atoms with Crippen LogP contribution in [0.5, 0.6) is 5.75 Å². The molecule has 1 aromatic carbocycles. The highest BCUT2D eigenvalue weighted by atomic mass is 35.5. The third-order valence-electron chi connectivity index (χ3n) is 2.15. The minimum Gasteiger partial charge on any atom is -0.494 e. The zero-order valence-corrected chi connectivity index (χ0v) is 9.30. The zero-order chi connectivity index (χ0) is 11.3. The van der Waals surface area contributed by atoms with Crippen LogP contribution in [0.4, 0.5) is 4.39 Å². The van der Waals surface area contributed by atoms with Crippen molar-refractivity contribution in [1.82, 2.24) is 0 Å². The van der Waals surface area contributed by atoms with Gasteiger partial charge in [0.15, 0.2) is 11.6 Å². The molecule has 1 N–H and O–H groups in total.